The number of benzene rings is 1. The summed E-state index contributed by atoms with van der Waals surface area (Å²) in [5.74, 6) is -0.120. The van der Waals surface area contributed by atoms with Crippen LogP contribution in [0.1, 0.15) is 25.3 Å². The fourth-order valence-electron chi connectivity index (χ4n) is 1.66. The number of nitrogens with zero attached hydrogens (tertiary/aromatic N) is 1. The zero-order valence-electron chi connectivity index (χ0n) is 11.4. The molecule has 4 heteroatoms. The molecule has 0 bridgehead atoms. The summed E-state index contributed by atoms with van der Waals surface area (Å²) >= 11 is 0. The summed E-state index contributed by atoms with van der Waals surface area (Å²) in [6, 6.07) is 7.48. The lowest BCUT2D eigenvalue weighted by atomic mass is 10.00. The Morgan fingerprint density at radius 2 is 2.22 bits per heavy atom. The van der Waals surface area contributed by atoms with Gasteiger partial charge < -0.3 is 16.0 Å². The van der Waals surface area contributed by atoms with Crippen molar-refractivity contribution in [1.82, 2.24) is 10.2 Å². The largest absolute Gasteiger partial charge is 0.399 e. The number of likely N-dealkylation sites (N-methyl/N-ethyl adjacent to an activating group) is 1. The van der Waals surface area contributed by atoms with Crippen molar-refractivity contribution in [2.75, 3.05) is 32.4 Å². The third-order valence-corrected chi connectivity index (χ3v) is 3.14. The summed E-state index contributed by atoms with van der Waals surface area (Å²) in [5.41, 5.74) is 7.36. The molecule has 0 fully saturated rings. The molecule has 0 saturated carbocycles. The molecule has 18 heavy (non-hydrogen) atoms. The summed E-state index contributed by atoms with van der Waals surface area (Å²) in [6.07, 6.45) is 0. The fourth-order valence-corrected chi connectivity index (χ4v) is 1.66. The monoisotopic (exact) mass is 249 g/mol. The molecule has 0 heterocycles. The standard InChI is InChI=1S/C14H23N3O/c1-4-17(3)9-8-16-14(18)11(2)12-6-5-7-13(15)10-12/h5-7,10-11H,4,8-9,15H2,1-3H3,(H,16,18). The van der Waals surface area contributed by atoms with Gasteiger partial charge in [0.1, 0.15) is 0 Å². The minimum Gasteiger partial charge on any atom is -0.399 e. The van der Waals surface area contributed by atoms with Crippen LogP contribution in [0.3, 0.4) is 0 Å². The minimum atomic E-state index is -0.166. The Labute approximate surface area is 109 Å². The molecule has 0 spiro atoms. The summed E-state index contributed by atoms with van der Waals surface area (Å²) in [4.78, 5) is 14.1. The Hall–Kier alpha value is -1.55. The summed E-state index contributed by atoms with van der Waals surface area (Å²) < 4.78 is 0. The van der Waals surface area contributed by atoms with Gasteiger partial charge in [-0.15, -0.1) is 0 Å². The van der Waals surface area contributed by atoms with Crippen molar-refractivity contribution in [3.05, 3.63) is 29.8 Å². The average molecular weight is 249 g/mol. The highest BCUT2D eigenvalue weighted by Gasteiger charge is 2.14. The molecule has 1 rings (SSSR count). The predicted molar refractivity (Wildman–Crippen MR) is 75.5 cm³/mol. The highest BCUT2D eigenvalue weighted by Crippen LogP contribution is 2.17. The van der Waals surface area contributed by atoms with E-state index < -0.39 is 0 Å². The number of nitrogens with one attached hydrogen (secondary N) is 1. The van der Waals surface area contributed by atoms with Crippen LogP contribution in [0.2, 0.25) is 0 Å². The maximum Gasteiger partial charge on any atom is 0.227 e. The van der Waals surface area contributed by atoms with E-state index in [1.54, 1.807) is 0 Å². The normalized spacial score (nSPS) is 12.4. The fraction of sp³-hybridized carbons (Fsp3) is 0.500. The molecule has 3 N–H and O–H groups in total. The predicted octanol–water partition coefficient (Wildman–Crippen LogP) is 1.44. The van der Waals surface area contributed by atoms with E-state index in [0.29, 0.717) is 12.2 Å². The van der Waals surface area contributed by atoms with Crippen LogP contribution in [-0.4, -0.2) is 37.5 Å². The lowest BCUT2D eigenvalue weighted by Gasteiger charge is -2.16. The van der Waals surface area contributed by atoms with Crippen LogP contribution in [0.15, 0.2) is 24.3 Å². The van der Waals surface area contributed by atoms with Crippen molar-refractivity contribution in [3.8, 4) is 0 Å². The van der Waals surface area contributed by atoms with Gasteiger partial charge in [0.25, 0.3) is 0 Å². The third kappa shape index (κ3) is 4.37. The minimum absolute atomic E-state index is 0.0464. The number of hydrogen-bond acceptors (Lipinski definition) is 3. The third-order valence-electron chi connectivity index (χ3n) is 3.14. The number of anilines is 1. The lowest BCUT2D eigenvalue weighted by molar-refractivity contribution is -0.122. The van der Waals surface area contributed by atoms with Gasteiger partial charge in [-0.05, 0) is 38.2 Å². The molecule has 0 radical (unpaired) electrons. The van der Waals surface area contributed by atoms with Gasteiger partial charge in [-0.1, -0.05) is 19.1 Å². The van der Waals surface area contributed by atoms with Crippen molar-refractivity contribution in [3.63, 3.8) is 0 Å². The zero-order chi connectivity index (χ0) is 13.5. The van der Waals surface area contributed by atoms with Gasteiger partial charge in [0, 0.05) is 18.8 Å². The van der Waals surface area contributed by atoms with Crippen molar-refractivity contribution in [2.24, 2.45) is 0 Å². The first-order chi connectivity index (χ1) is 8.54. The molecule has 1 aromatic rings. The molecular weight excluding hydrogens is 226 g/mol. The van der Waals surface area contributed by atoms with Gasteiger partial charge in [-0.25, -0.2) is 0 Å². The van der Waals surface area contributed by atoms with E-state index in [0.717, 1.165) is 18.7 Å². The van der Waals surface area contributed by atoms with Crippen LogP contribution in [0.5, 0.6) is 0 Å². The molecule has 1 unspecified atom stereocenters. The van der Waals surface area contributed by atoms with Crippen molar-refractivity contribution in [1.29, 1.82) is 0 Å². The van der Waals surface area contributed by atoms with Gasteiger partial charge in [-0.2, -0.15) is 0 Å². The van der Waals surface area contributed by atoms with Gasteiger partial charge in [0.15, 0.2) is 0 Å². The topological polar surface area (TPSA) is 58.4 Å². The lowest BCUT2D eigenvalue weighted by Crippen LogP contribution is -2.35. The van der Waals surface area contributed by atoms with Crippen molar-refractivity contribution in [2.45, 2.75) is 19.8 Å². The number of nitrogens with two attached hydrogens (primary N) is 1. The number of amides is 1. The summed E-state index contributed by atoms with van der Waals surface area (Å²) in [7, 11) is 2.04. The van der Waals surface area contributed by atoms with Crippen molar-refractivity contribution >= 4 is 11.6 Å². The first kappa shape index (κ1) is 14.5. The highest BCUT2D eigenvalue weighted by molar-refractivity contribution is 5.83. The number of rotatable bonds is 6. The van der Waals surface area contributed by atoms with Crippen LogP contribution >= 0.6 is 0 Å². The van der Waals surface area contributed by atoms with Crippen LogP contribution in [-0.2, 0) is 4.79 Å². The maximum atomic E-state index is 12.0. The number of hydrogen-bond donors (Lipinski definition) is 2. The molecule has 1 aromatic carbocycles. The van der Waals surface area contributed by atoms with Crippen LogP contribution in [0, 0.1) is 0 Å². The van der Waals surface area contributed by atoms with E-state index in [1.165, 1.54) is 0 Å². The van der Waals surface area contributed by atoms with Gasteiger partial charge >= 0.3 is 0 Å². The quantitative estimate of drug-likeness (QED) is 0.750. The summed E-state index contributed by atoms with van der Waals surface area (Å²) in [6.45, 7) is 6.52. The number of nitrogen functional groups attached to an aromatic ring is 1. The Bertz CT molecular complexity index is 392. The second-order valence-corrected chi connectivity index (χ2v) is 4.58. The molecule has 0 aliphatic carbocycles. The van der Waals surface area contributed by atoms with Gasteiger partial charge in [-0.3, -0.25) is 4.79 Å². The Morgan fingerprint density at radius 3 is 2.83 bits per heavy atom. The van der Waals surface area contributed by atoms with E-state index in [9.17, 15) is 4.79 Å². The molecule has 1 amide bonds. The Balaban J connectivity index is 2.46. The highest BCUT2D eigenvalue weighted by atomic mass is 16.1. The first-order valence-corrected chi connectivity index (χ1v) is 6.36. The SMILES string of the molecule is CCN(C)CCNC(=O)C(C)c1cccc(N)c1. The van der Waals surface area contributed by atoms with Crippen LogP contribution in [0.4, 0.5) is 5.69 Å². The Kier molecular flexibility index (Phi) is 5.65. The molecule has 0 aromatic heterocycles. The van der Waals surface area contributed by atoms with Crippen molar-refractivity contribution < 1.29 is 4.79 Å². The van der Waals surface area contributed by atoms with E-state index in [1.807, 2.05) is 38.2 Å². The van der Waals surface area contributed by atoms with E-state index >= 15 is 0 Å². The smallest absolute Gasteiger partial charge is 0.227 e. The Morgan fingerprint density at radius 1 is 1.50 bits per heavy atom. The average Bonchev–Trinajstić information content (AvgIpc) is 2.37. The van der Waals surface area contributed by atoms with Crippen LogP contribution in [0.25, 0.3) is 0 Å². The number of carbonyl (C=O) groups excluding carboxylic acids is 1. The van der Waals surface area contributed by atoms with E-state index in [-0.39, 0.29) is 11.8 Å². The van der Waals surface area contributed by atoms with E-state index in [4.69, 9.17) is 5.73 Å². The maximum absolute atomic E-state index is 12.0. The molecule has 1 atom stereocenters. The zero-order valence-corrected chi connectivity index (χ0v) is 11.4. The number of carbonyl (C=O) groups is 1. The molecule has 0 aliphatic heterocycles. The molecule has 4 nitrogen and oxygen atoms in total. The van der Waals surface area contributed by atoms with E-state index in [2.05, 4.69) is 17.1 Å². The molecule has 0 saturated heterocycles. The second kappa shape index (κ2) is 7.01. The van der Waals surface area contributed by atoms with Gasteiger partial charge in [0.05, 0.1) is 5.92 Å². The molecule has 0 aliphatic rings. The summed E-state index contributed by atoms with van der Waals surface area (Å²) in [5, 5.41) is 2.94. The first-order valence-electron chi connectivity index (χ1n) is 6.36. The van der Waals surface area contributed by atoms with Gasteiger partial charge in [0.2, 0.25) is 5.91 Å². The molecule has 100 valence electrons. The van der Waals surface area contributed by atoms with Crippen LogP contribution < -0.4 is 11.1 Å². The molecular formula is C14H23N3O. The second-order valence-electron chi connectivity index (χ2n) is 4.58.